The van der Waals surface area contributed by atoms with E-state index in [-0.39, 0.29) is 27.6 Å². The molecule has 2 aliphatic rings. The van der Waals surface area contributed by atoms with Crippen LogP contribution in [0.4, 0.5) is 24.5 Å². The van der Waals surface area contributed by atoms with Gasteiger partial charge in [0.2, 0.25) is 0 Å². The average Bonchev–Trinajstić information content (AvgIpc) is 3.56. The van der Waals surface area contributed by atoms with Crippen LogP contribution in [0.25, 0.3) is 10.9 Å². The second-order valence-electron chi connectivity index (χ2n) is 11.0. The molecule has 3 aromatic rings. The van der Waals surface area contributed by atoms with E-state index in [1.165, 1.54) is 17.4 Å². The lowest BCUT2D eigenvalue weighted by atomic mass is 9.96. The lowest BCUT2D eigenvalue weighted by molar-refractivity contribution is -0.152. The van der Waals surface area contributed by atoms with Crippen molar-refractivity contribution in [1.82, 2.24) is 21.0 Å². The Morgan fingerprint density at radius 3 is 2.62 bits per heavy atom. The zero-order valence-corrected chi connectivity index (χ0v) is 23.4. The van der Waals surface area contributed by atoms with Gasteiger partial charge in [0.25, 0.3) is 0 Å². The van der Waals surface area contributed by atoms with E-state index in [4.69, 9.17) is 23.2 Å². The average molecular weight is 591 g/mol. The standard InChI is InChI=1S/C28H28Cl2F3N7/c1-27(2,3)14-36-24-15(11-34)12-35-25-18(24)8-16(9-21(25)30)37-26(17-6-4-5-7-20(17)29)22-13-40(39-38-22)23-10-19(23)28(31,32)33/h4-9,12-13,19,23,26,37-39H,10,14H2,1-3H3,(H,35,36)/t19?,23?,26-/m1/s1/i26D. The van der Waals surface area contributed by atoms with Crippen LogP contribution in [0.5, 0.6) is 0 Å². The van der Waals surface area contributed by atoms with Gasteiger partial charge in [-0.05, 0) is 35.6 Å². The maximum atomic E-state index is 13.2. The van der Waals surface area contributed by atoms with Gasteiger partial charge in [-0.3, -0.25) is 9.99 Å². The van der Waals surface area contributed by atoms with Gasteiger partial charge in [-0.25, -0.2) is 0 Å². The molecule has 7 nitrogen and oxygen atoms in total. The molecule has 0 radical (unpaired) electrons. The summed E-state index contributed by atoms with van der Waals surface area (Å²) in [5, 5.41) is 18.8. The smallest absolute Gasteiger partial charge is 0.383 e. The Labute approximate surface area is 241 Å². The molecule has 2 aromatic carbocycles. The van der Waals surface area contributed by atoms with E-state index in [0.717, 1.165) is 0 Å². The number of halogens is 5. The van der Waals surface area contributed by atoms with Gasteiger partial charge in [0.1, 0.15) is 6.07 Å². The summed E-state index contributed by atoms with van der Waals surface area (Å²) in [5.74, 6) is -1.46. The molecular weight excluding hydrogens is 562 g/mol. The summed E-state index contributed by atoms with van der Waals surface area (Å²) in [5.41, 5.74) is 7.89. The maximum Gasteiger partial charge on any atom is 0.393 e. The highest BCUT2D eigenvalue weighted by Gasteiger charge is 2.58. The molecule has 2 heterocycles. The summed E-state index contributed by atoms with van der Waals surface area (Å²) in [6, 6.07) is 9.68. The topological polar surface area (TPSA) is 88.0 Å². The van der Waals surface area contributed by atoms with E-state index >= 15 is 0 Å². The van der Waals surface area contributed by atoms with Gasteiger partial charge in [-0.1, -0.05) is 62.2 Å². The minimum absolute atomic E-state index is 0.0503. The van der Waals surface area contributed by atoms with Gasteiger partial charge in [-0.2, -0.15) is 18.4 Å². The molecule has 0 bridgehead atoms. The summed E-state index contributed by atoms with van der Waals surface area (Å²) in [7, 11) is 0. The number of hydrazine groups is 2. The van der Waals surface area contributed by atoms with Crippen LogP contribution in [0, 0.1) is 22.7 Å². The highest BCUT2D eigenvalue weighted by atomic mass is 35.5. The molecule has 0 spiro atoms. The first kappa shape index (κ1) is 26.8. The van der Waals surface area contributed by atoms with Crippen LogP contribution in [0.15, 0.2) is 54.5 Å². The van der Waals surface area contributed by atoms with Crippen LogP contribution in [0.3, 0.4) is 0 Å². The lowest BCUT2D eigenvalue weighted by Crippen LogP contribution is -2.40. The number of pyridine rings is 1. The molecule has 2 unspecified atom stereocenters. The van der Waals surface area contributed by atoms with Crippen molar-refractivity contribution in [2.75, 3.05) is 17.2 Å². The Hall–Kier alpha value is -3.39. The molecule has 4 N–H and O–H groups in total. The molecule has 1 aromatic heterocycles. The summed E-state index contributed by atoms with van der Waals surface area (Å²) in [4.78, 5) is 4.38. The number of rotatable bonds is 7. The number of benzene rings is 2. The Balaban J connectivity index is 1.58. The van der Waals surface area contributed by atoms with E-state index in [2.05, 4.69) is 53.4 Å². The number of anilines is 2. The summed E-state index contributed by atoms with van der Waals surface area (Å²) in [6.45, 7) is 6.75. The van der Waals surface area contributed by atoms with Gasteiger partial charge >= 0.3 is 6.18 Å². The van der Waals surface area contributed by atoms with Crippen molar-refractivity contribution in [3.05, 3.63) is 75.7 Å². The summed E-state index contributed by atoms with van der Waals surface area (Å²) >= 11 is 13.2. The number of hydrogen-bond acceptors (Lipinski definition) is 7. The Kier molecular flexibility index (Phi) is 7.07. The molecule has 1 saturated carbocycles. The largest absolute Gasteiger partial charge is 0.393 e. The highest BCUT2D eigenvalue weighted by molar-refractivity contribution is 6.36. The van der Waals surface area contributed by atoms with Crippen molar-refractivity contribution < 1.29 is 14.5 Å². The van der Waals surface area contributed by atoms with Gasteiger partial charge in [0.05, 0.1) is 46.8 Å². The molecule has 0 amide bonds. The zero-order valence-electron chi connectivity index (χ0n) is 22.9. The lowest BCUT2D eigenvalue weighted by Gasteiger charge is -2.24. The fourth-order valence-corrected chi connectivity index (χ4v) is 5.02. The van der Waals surface area contributed by atoms with Crippen LogP contribution in [0.1, 0.15) is 45.7 Å². The summed E-state index contributed by atoms with van der Waals surface area (Å²) in [6.07, 6.45) is -1.44. The molecule has 1 aliphatic carbocycles. The molecule has 0 saturated heterocycles. The molecule has 12 heteroatoms. The minimum atomic E-state index is -4.31. The van der Waals surface area contributed by atoms with Crippen LogP contribution >= 0.6 is 23.2 Å². The van der Waals surface area contributed by atoms with Crippen molar-refractivity contribution in [3.8, 4) is 6.07 Å². The normalized spacial score (nSPS) is 20.7. The first-order valence-corrected chi connectivity index (χ1v) is 13.4. The number of nitrogens with zero attached hydrogens (tertiary/aromatic N) is 3. The third-order valence-corrected chi connectivity index (χ3v) is 7.26. The van der Waals surface area contributed by atoms with Gasteiger partial charge in [0.15, 0.2) is 0 Å². The predicted octanol–water partition coefficient (Wildman–Crippen LogP) is 7.14. The number of alkyl halides is 3. The SMILES string of the molecule is [2H][C@](Nc1cc(Cl)c2ncc(C#N)c(NCC(C)(C)C)c2c1)(C1=CN(C2CC2C(F)(F)F)NN1)c1ccccc1Cl. The fraction of sp³-hybridized carbons (Fsp3) is 0.357. The van der Waals surface area contributed by atoms with Crippen molar-refractivity contribution in [3.63, 3.8) is 0 Å². The van der Waals surface area contributed by atoms with E-state index in [9.17, 15) is 19.8 Å². The molecule has 5 rings (SSSR count). The van der Waals surface area contributed by atoms with E-state index < -0.39 is 24.2 Å². The Bertz CT molecular complexity index is 1570. The van der Waals surface area contributed by atoms with E-state index in [0.29, 0.717) is 39.9 Å². The molecular formula is C28H28Cl2F3N7. The Morgan fingerprint density at radius 1 is 1.23 bits per heavy atom. The van der Waals surface area contributed by atoms with Crippen LogP contribution in [-0.4, -0.2) is 28.8 Å². The van der Waals surface area contributed by atoms with Crippen LogP contribution in [-0.2, 0) is 0 Å². The van der Waals surface area contributed by atoms with Crippen molar-refractivity contribution in [1.29, 1.82) is 5.26 Å². The number of nitriles is 1. The van der Waals surface area contributed by atoms with E-state index in [1.54, 1.807) is 36.4 Å². The molecule has 1 aliphatic heterocycles. The van der Waals surface area contributed by atoms with Crippen LogP contribution in [0.2, 0.25) is 10.0 Å². The van der Waals surface area contributed by atoms with Crippen molar-refractivity contribution in [2.24, 2.45) is 11.3 Å². The number of aromatic nitrogens is 1. The molecule has 1 fully saturated rings. The van der Waals surface area contributed by atoms with Gasteiger partial charge < -0.3 is 16.1 Å². The third kappa shape index (κ3) is 5.87. The van der Waals surface area contributed by atoms with E-state index in [1.807, 2.05) is 0 Å². The first-order chi connectivity index (χ1) is 19.2. The quantitative estimate of drug-likeness (QED) is 0.232. The van der Waals surface area contributed by atoms with Crippen molar-refractivity contribution in [2.45, 2.75) is 45.4 Å². The molecule has 210 valence electrons. The monoisotopic (exact) mass is 590 g/mol. The number of nitrogens with one attached hydrogen (secondary N) is 4. The zero-order chi connectivity index (χ0) is 29.7. The fourth-order valence-electron chi connectivity index (χ4n) is 4.52. The Morgan fingerprint density at radius 2 is 1.98 bits per heavy atom. The summed E-state index contributed by atoms with van der Waals surface area (Å²) < 4.78 is 49.3. The third-order valence-electron chi connectivity index (χ3n) is 6.64. The highest BCUT2D eigenvalue weighted by Crippen LogP contribution is 2.48. The second-order valence-corrected chi connectivity index (χ2v) is 11.9. The maximum absolute atomic E-state index is 13.2. The predicted molar refractivity (Wildman–Crippen MR) is 151 cm³/mol. The molecule has 40 heavy (non-hydrogen) atoms. The van der Waals surface area contributed by atoms with Gasteiger partial charge in [-0.15, -0.1) is 5.53 Å². The first-order valence-electron chi connectivity index (χ1n) is 13.1. The number of hydrogen-bond donors (Lipinski definition) is 4. The minimum Gasteiger partial charge on any atom is -0.383 e. The van der Waals surface area contributed by atoms with Crippen LogP contribution < -0.4 is 21.6 Å². The van der Waals surface area contributed by atoms with Crippen molar-refractivity contribution >= 4 is 45.5 Å². The number of fused-ring (bicyclic) bond motifs is 1. The van der Waals surface area contributed by atoms with Gasteiger partial charge in [0, 0.05) is 35.0 Å². The molecule has 3 atom stereocenters. The second kappa shape index (κ2) is 10.5.